The summed E-state index contributed by atoms with van der Waals surface area (Å²) < 4.78 is 7.38. The van der Waals surface area contributed by atoms with Crippen LogP contribution in [-0.2, 0) is 10.5 Å². The molecular weight excluding hydrogens is 543 g/mol. The molecule has 1 aliphatic rings. The molecule has 13 heteroatoms. The van der Waals surface area contributed by atoms with E-state index in [2.05, 4.69) is 25.8 Å². The van der Waals surface area contributed by atoms with Crippen molar-refractivity contribution >= 4 is 58.1 Å². The van der Waals surface area contributed by atoms with Crippen molar-refractivity contribution in [3.8, 4) is 17.3 Å². The van der Waals surface area contributed by atoms with Gasteiger partial charge in [0.25, 0.3) is 5.91 Å². The lowest BCUT2D eigenvalue weighted by atomic mass is 10.1. The maximum absolute atomic E-state index is 12.7. The van der Waals surface area contributed by atoms with Gasteiger partial charge in [-0.15, -0.1) is 21.5 Å². The first kappa shape index (κ1) is 24.8. The van der Waals surface area contributed by atoms with Crippen molar-refractivity contribution in [2.24, 2.45) is 0 Å². The summed E-state index contributed by atoms with van der Waals surface area (Å²) in [7, 11) is 0. The molecule has 1 aliphatic heterocycles. The van der Waals surface area contributed by atoms with Crippen LogP contribution in [0.1, 0.15) is 34.8 Å². The van der Waals surface area contributed by atoms with E-state index in [0.29, 0.717) is 45.5 Å². The van der Waals surface area contributed by atoms with Crippen LogP contribution < -0.4 is 10.6 Å². The average Bonchev–Trinajstić information content (AvgIpc) is 3.61. The van der Waals surface area contributed by atoms with Crippen molar-refractivity contribution in [1.82, 2.24) is 30.4 Å². The standard InChI is InChI=1S/C23H20Cl2N6O3S2/c24-14-7-6-13(10-15(14)25)31-20(18-5-3-9-34-18)29-30-23(31)36-12-19-27-17(11-35-19)22(33)28-16-4-1-2-8-26-21(16)32/h3,5-7,9-11,16H,1-2,4,8,12H2,(H,26,32)(H,28,33). The molecule has 1 unspecified atom stereocenters. The van der Waals surface area contributed by atoms with Crippen LogP contribution in [0.15, 0.2) is 51.5 Å². The summed E-state index contributed by atoms with van der Waals surface area (Å²) in [6, 6.07) is 8.30. The van der Waals surface area contributed by atoms with Crippen LogP contribution in [0.4, 0.5) is 0 Å². The molecule has 1 aromatic carbocycles. The number of carbonyl (C=O) groups excluding carboxylic acids is 2. The summed E-state index contributed by atoms with van der Waals surface area (Å²) in [5.74, 6) is 1.02. The fourth-order valence-corrected chi connectivity index (χ4v) is 5.74. The molecule has 0 bridgehead atoms. The number of hydrogen-bond donors (Lipinski definition) is 2. The Bertz CT molecular complexity index is 1390. The second-order valence-corrected chi connectivity index (χ2v) is 10.6. The monoisotopic (exact) mass is 562 g/mol. The summed E-state index contributed by atoms with van der Waals surface area (Å²) in [5, 5.41) is 18.1. The van der Waals surface area contributed by atoms with E-state index in [1.165, 1.54) is 23.1 Å². The van der Waals surface area contributed by atoms with Gasteiger partial charge in [-0.2, -0.15) is 0 Å². The molecule has 3 aromatic heterocycles. The van der Waals surface area contributed by atoms with Gasteiger partial charge >= 0.3 is 0 Å². The van der Waals surface area contributed by atoms with E-state index in [1.807, 2.05) is 10.6 Å². The van der Waals surface area contributed by atoms with Crippen molar-refractivity contribution in [2.75, 3.05) is 6.54 Å². The number of nitrogens with one attached hydrogen (secondary N) is 2. The third-order valence-electron chi connectivity index (χ3n) is 5.49. The summed E-state index contributed by atoms with van der Waals surface area (Å²) in [6.45, 7) is 0.637. The van der Waals surface area contributed by atoms with Crippen molar-refractivity contribution < 1.29 is 14.0 Å². The van der Waals surface area contributed by atoms with Crippen molar-refractivity contribution in [3.05, 3.63) is 62.7 Å². The molecule has 0 aliphatic carbocycles. The summed E-state index contributed by atoms with van der Waals surface area (Å²) in [6.07, 6.45) is 3.97. The Kier molecular flexibility index (Phi) is 7.61. The Labute approximate surface area is 224 Å². The topological polar surface area (TPSA) is 115 Å². The highest BCUT2D eigenvalue weighted by atomic mass is 35.5. The molecule has 0 saturated carbocycles. The average molecular weight is 563 g/mol. The molecule has 186 valence electrons. The van der Waals surface area contributed by atoms with Gasteiger partial charge in [0.2, 0.25) is 11.7 Å². The maximum atomic E-state index is 12.7. The molecular formula is C23H20Cl2N6O3S2. The van der Waals surface area contributed by atoms with Crippen LogP contribution in [-0.4, -0.2) is 44.1 Å². The van der Waals surface area contributed by atoms with Gasteiger partial charge in [0.15, 0.2) is 10.9 Å². The zero-order valence-corrected chi connectivity index (χ0v) is 21.9. The highest BCUT2D eigenvalue weighted by Crippen LogP contribution is 2.33. The number of rotatable bonds is 7. The van der Waals surface area contributed by atoms with Gasteiger partial charge in [-0.25, -0.2) is 4.98 Å². The van der Waals surface area contributed by atoms with Gasteiger partial charge in [0, 0.05) is 11.9 Å². The highest BCUT2D eigenvalue weighted by molar-refractivity contribution is 7.98. The number of thioether (sulfide) groups is 1. The second kappa shape index (κ2) is 11.0. The molecule has 2 N–H and O–H groups in total. The molecule has 2 amide bonds. The third kappa shape index (κ3) is 5.44. The van der Waals surface area contributed by atoms with Gasteiger partial charge in [-0.3, -0.25) is 14.2 Å². The van der Waals surface area contributed by atoms with Gasteiger partial charge in [0.1, 0.15) is 16.7 Å². The van der Waals surface area contributed by atoms with E-state index in [9.17, 15) is 9.59 Å². The normalized spacial score (nSPS) is 15.9. The molecule has 4 aromatic rings. The smallest absolute Gasteiger partial charge is 0.271 e. The number of amides is 2. The van der Waals surface area contributed by atoms with E-state index < -0.39 is 6.04 Å². The van der Waals surface area contributed by atoms with Crippen LogP contribution in [0.25, 0.3) is 17.3 Å². The van der Waals surface area contributed by atoms with Gasteiger partial charge in [-0.1, -0.05) is 35.0 Å². The number of hydrogen-bond acceptors (Lipinski definition) is 8. The highest BCUT2D eigenvalue weighted by Gasteiger charge is 2.24. The van der Waals surface area contributed by atoms with Crippen LogP contribution in [0, 0.1) is 0 Å². The number of nitrogens with zero attached hydrogens (tertiary/aromatic N) is 4. The van der Waals surface area contributed by atoms with E-state index in [0.717, 1.165) is 23.5 Å². The zero-order chi connectivity index (χ0) is 25.1. The van der Waals surface area contributed by atoms with E-state index in [4.69, 9.17) is 27.6 Å². The SMILES string of the molecule is O=C(NC1CCCCNC1=O)c1csc(CSc2nnc(-c3ccco3)n2-c2ccc(Cl)c(Cl)c2)n1. The number of aromatic nitrogens is 4. The molecule has 5 rings (SSSR count). The Balaban J connectivity index is 1.33. The Morgan fingerprint density at radius 2 is 2.14 bits per heavy atom. The molecule has 0 radical (unpaired) electrons. The molecule has 1 fully saturated rings. The van der Waals surface area contributed by atoms with Gasteiger partial charge in [-0.05, 0) is 49.6 Å². The van der Waals surface area contributed by atoms with Crippen LogP contribution >= 0.6 is 46.3 Å². The van der Waals surface area contributed by atoms with E-state index in [-0.39, 0.29) is 17.5 Å². The molecule has 1 saturated heterocycles. The number of carbonyl (C=O) groups is 2. The lowest BCUT2D eigenvalue weighted by Crippen LogP contribution is -2.45. The lowest BCUT2D eigenvalue weighted by Gasteiger charge is -2.14. The minimum atomic E-state index is -0.538. The zero-order valence-electron chi connectivity index (χ0n) is 18.7. The quantitative estimate of drug-likeness (QED) is 0.305. The first-order valence-electron chi connectivity index (χ1n) is 11.1. The predicted octanol–water partition coefficient (Wildman–Crippen LogP) is 4.98. The molecule has 1 atom stereocenters. The van der Waals surface area contributed by atoms with Crippen molar-refractivity contribution in [1.29, 1.82) is 0 Å². The molecule has 9 nitrogen and oxygen atoms in total. The van der Waals surface area contributed by atoms with E-state index in [1.54, 1.807) is 35.9 Å². The maximum Gasteiger partial charge on any atom is 0.271 e. The van der Waals surface area contributed by atoms with Gasteiger partial charge < -0.3 is 15.1 Å². The Hall–Kier alpha value is -2.86. The minimum Gasteiger partial charge on any atom is -0.461 e. The van der Waals surface area contributed by atoms with Crippen LogP contribution in [0.3, 0.4) is 0 Å². The van der Waals surface area contributed by atoms with Crippen molar-refractivity contribution in [2.45, 2.75) is 36.2 Å². The van der Waals surface area contributed by atoms with E-state index >= 15 is 0 Å². The second-order valence-electron chi connectivity index (χ2n) is 7.95. The summed E-state index contributed by atoms with van der Waals surface area (Å²) >= 11 is 15.2. The number of benzene rings is 1. The Morgan fingerprint density at radius 3 is 2.94 bits per heavy atom. The first-order valence-corrected chi connectivity index (χ1v) is 13.7. The van der Waals surface area contributed by atoms with Gasteiger partial charge in [0.05, 0.1) is 27.7 Å². The third-order valence-corrected chi connectivity index (χ3v) is 8.20. The minimum absolute atomic E-state index is 0.152. The summed E-state index contributed by atoms with van der Waals surface area (Å²) in [4.78, 5) is 29.3. The fourth-order valence-electron chi connectivity index (χ4n) is 3.70. The molecule has 36 heavy (non-hydrogen) atoms. The summed E-state index contributed by atoms with van der Waals surface area (Å²) in [5.41, 5.74) is 1.01. The molecule has 4 heterocycles. The number of halogens is 2. The van der Waals surface area contributed by atoms with Crippen LogP contribution in [0.5, 0.6) is 0 Å². The fraction of sp³-hybridized carbons (Fsp3) is 0.261. The van der Waals surface area contributed by atoms with Crippen molar-refractivity contribution in [3.63, 3.8) is 0 Å². The Morgan fingerprint density at radius 1 is 1.25 bits per heavy atom. The predicted molar refractivity (Wildman–Crippen MR) is 139 cm³/mol. The largest absolute Gasteiger partial charge is 0.461 e. The first-order chi connectivity index (χ1) is 17.5. The molecule has 0 spiro atoms. The number of thiazole rings is 1. The lowest BCUT2D eigenvalue weighted by molar-refractivity contribution is -0.122. The number of furan rings is 1. The van der Waals surface area contributed by atoms with Crippen LogP contribution in [0.2, 0.25) is 10.0 Å².